The number of carbonyl (C=O) groups is 1. The van der Waals surface area contributed by atoms with Gasteiger partial charge >= 0.3 is 0 Å². The molecule has 2 nitrogen and oxygen atoms in total. The highest BCUT2D eigenvalue weighted by Crippen LogP contribution is 2.64. The molecule has 1 aromatic carbocycles. The van der Waals surface area contributed by atoms with Crippen LogP contribution in [0.1, 0.15) is 35.2 Å². The molecule has 1 aliphatic heterocycles. The number of anilines is 1. The first-order valence-electron chi connectivity index (χ1n) is 7.20. The number of rotatable bonds is 2. The second kappa shape index (κ2) is 4.08. The van der Waals surface area contributed by atoms with Crippen LogP contribution in [0.15, 0.2) is 18.2 Å². The SMILES string of the molecule is CN1C(=O)Cc2cc(C(Br)C3C4CCCC43)ccc21. The lowest BCUT2D eigenvalue weighted by molar-refractivity contribution is -0.117. The lowest BCUT2D eigenvalue weighted by Crippen LogP contribution is -2.20. The minimum atomic E-state index is 0.210. The maximum atomic E-state index is 11.7. The van der Waals surface area contributed by atoms with E-state index in [2.05, 4.69) is 34.1 Å². The zero-order valence-corrected chi connectivity index (χ0v) is 12.7. The lowest BCUT2D eigenvalue weighted by atomic mass is 10.00. The zero-order chi connectivity index (χ0) is 13.1. The molecular formula is C16H18BrNO. The minimum absolute atomic E-state index is 0.210. The van der Waals surface area contributed by atoms with E-state index in [0.29, 0.717) is 11.2 Å². The summed E-state index contributed by atoms with van der Waals surface area (Å²) in [5, 5.41) is 0. The summed E-state index contributed by atoms with van der Waals surface area (Å²) in [6, 6.07) is 6.55. The Bertz CT molecular complexity index is 546. The largest absolute Gasteiger partial charge is 0.315 e. The number of nitrogens with zero attached hydrogens (tertiary/aromatic N) is 1. The molecule has 1 amide bonds. The normalized spacial score (nSPS) is 33.3. The van der Waals surface area contributed by atoms with Gasteiger partial charge < -0.3 is 4.90 Å². The number of amides is 1. The van der Waals surface area contributed by atoms with Gasteiger partial charge in [0.2, 0.25) is 5.91 Å². The van der Waals surface area contributed by atoms with E-state index in [-0.39, 0.29) is 5.91 Å². The Morgan fingerprint density at radius 3 is 2.79 bits per heavy atom. The molecule has 4 rings (SSSR count). The highest BCUT2D eigenvalue weighted by Gasteiger charge is 2.55. The molecule has 2 saturated carbocycles. The average Bonchev–Trinajstić information content (AvgIpc) is 2.76. The van der Waals surface area contributed by atoms with Crippen LogP contribution >= 0.6 is 15.9 Å². The van der Waals surface area contributed by atoms with Gasteiger partial charge in [-0.3, -0.25) is 4.79 Å². The summed E-state index contributed by atoms with van der Waals surface area (Å²) in [5.74, 6) is 2.96. The highest BCUT2D eigenvalue weighted by molar-refractivity contribution is 9.09. The molecule has 100 valence electrons. The van der Waals surface area contributed by atoms with E-state index in [1.54, 1.807) is 4.90 Å². The predicted molar refractivity (Wildman–Crippen MR) is 79.5 cm³/mol. The van der Waals surface area contributed by atoms with Crippen molar-refractivity contribution >= 4 is 27.5 Å². The molecule has 1 heterocycles. The molecule has 19 heavy (non-hydrogen) atoms. The van der Waals surface area contributed by atoms with Gasteiger partial charge in [0.25, 0.3) is 0 Å². The third-order valence-electron chi connectivity index (χ3n) is 5.31. The summed E-state index contributed by atoms with van der Waals surface area (Å²) in [4.78, 5) is 14.0. The van der Waals surface area contributed by atoms with Gasteiger partial charge in [0.1, 0.15) is 0 Å². The van der Waals surface area contributed by atoms with Gasteiger partial charge in [-0.1, -0.05) is 34.5 Å². The maximum absolute atomic E-state index is 11.7. The van der Waals surface area contributed by atoms with Crippen molar-refractivity contribution in [2.45, 2.75) is 30.5 Å². The fraction of sp³-hybridized carbons (Fsp3) is 0.562. The van der Waals surface area contributed by atoms with Gasteiger partial charge in [-0.15, -0.1) is 0 Å². The quantitative estimate of drug-likeness (QED) is 0.761. The lowest BCUT2D eigenvalue weighted by Gasteiger charge is -2.15. The summed E-state index contributed by atoms with van der Waals surface area (Å²) in [6.07, 6.45) is 4.83. The monoisotopic (exact) mass is 319 g/mol. The average molecular weight is 320 g/mol. The standard InChI is InChI=1S/C16H18BrNO/c1-18-13-6-5-9(7-10(13)8-14(18)19)16(17)15-11-3-2-4-12(11)15/h5-7,11-12,15-16H,2-4,8H2,1H3. The van der Waals surface area contributed by atoms with E-state index in [9.17, 15) is 4.79 Å². The van der Waals surface area contributed by atoms with E-state index in [4.69, 9.17) is 0 Å². The number of hydrogen-bond donors (Lipinski definition) is 0. The van der Waals surface area contributed by atoms with Crippen LogP contribution < -0.4 is 4.90 Å². The number of carbonyl (C=O) groups excluding carboxylic acids is 1. The Morgan fingerprint density at radius 2 is 2.05 bits per heavy atom. The molecular weight excluding hydrogens is 302 g/mol. The van der Waals surface area contributed by atoms with Crippen molar-refractivity contribution in [1.82, 2.24) is 0 Å². The van der Waals surface area contributed by atoms with Crippen LogP contribution in [0.5, 0.6) is 0 Å². The molecule has 3 atom stereocenters. The third-order valence-corrected chi connectivity index (χ3v) is 6.45. The van der Waals surface area contributed by atoms with Crippen molar-refractivity contribution in [3.05, 3.63) is 29.3 Å². The van der Waals surface area contributed by atoms with Crippen molar-refractivity contribution < 1.29 is 4.79 Å². The number of alkyl halides is 1. The predicted octanol–water partition coefficient (Wildman–Crippen LogP) is 3.69. The van der Waals surface area contributed by atoms with Crippen LogP contribution in [-0.4, -0.2) is 13.0 Å². The van der Waals surface area contributed by atoms with Gasteiger partial charge in [-0.2, -0.15) is 0 Å². The molecule has 0 bridgehead atoms. The van der Waals surface area contributed by atoms with Crippen LogP contribution in [0.2, 0.25) is 0 Å². The molecule has 2 aliphatic carbocycles. The first-order valence-corrected chi connectivity index (χ1v) is 8.12. The van der Waals surface area contributed by atoms with E-state index in [1.165, 1.54) is 30.4 Å². The molecule has 3 aliphatic rings. The van der Waals surface area contributed by atoms with E-state index < -0.39 is 0 Å². The highest BCUT2D eigenvalue weighted by atomic mass is 79.9. The first-order chi connectivity index (χ1) is 9.16. The van der Waals surface area contributed by atoms with Crippen molar-refractivity contribution in [2.24, 2.45) is 17.8 Å². The van der Waals surface area contributed by atoms with Crippen molar-refractivity contribution in [3.63, 3.8) is 0 Å². The third kappa shape index (κ3) is 1.70. The van der Waals surface area contributed by atoms with Gasteiger partial charge in [-0.25, -0.2) is 0 Å². The van der Waals surface area contributed by atoms with Crippen molar-refractivity contribution in [3.8, 4) is 0 Å². The van der Waals surface area contributed by atoms with Gasteiger partial charge in [-0.05, 0) is 47.8 Å². The molecule has 2 fully saturated rings. The number of benzene rings is 1. The number of fused-ring (bicyclic) bond motifs is 2. The van der Waals surface area contributed by atoms with Gasteiger partial charge in [0.05, 0.1) is 6.42 Å². The van der Waals surface area contributed by atoms with Gasteiger partial charge in [0, 0.05) is 17.6 Å². The van der Waals surface area contributed by atoms with E-state index >= 15 is 0 Å². The fourth-order valence-electron chi connectivity index (χ4n) is 4.19. The Labute approximate surface area is 122 Å². The topological polar surface area (TPSA) is 20.3 Å². The summed E-state index contributed by atoms with van der Waals surface area (Å²) >= 11 is 3.91. The van der Waals surface area contributed by atoms with Crippen LogP contribution in [0.3, 0.4) is 0 Å². The Balaban J connectivity index is 1.60. The second-order valence-electron chi connectivity index (χ2n) is 6.26. The fourth-order valence-corrected chi connectivity index (χ4v) is 5.26. The first kappa shape index (κ1) is 12.0. The summed E-state index contributed by atoms with van der Waals surface area (Å²) in [5.41, 5.74) is 3.64. The van der Waals surface area contributed by atoms with E-state index in [0.717, 1.165) is 23.4 Å². The summed E-state index contributed by atoms with van der Waals surface area (Å²) in [6.45, 7) is 0. The smallest absolute Gasteiger partial charge is 0.231 e. The number of likely N-dealkylation sites (N-methyl/N-ethyl adjacent to an activating group) is 1. The molecule has 0 N–H and O–H groups in total. The maximum Gasteiger partial charge on any atom is 0.231 e. The molecule has 3 unspecified atom stereocenters. The molecule has 0 spiro atoms. The molecule has 0 aromatic heterocycles. The van der Waals surface area contributed by atoms with Crippen LogP contribution in [-0.2, 0) is 11.2 Å². The molecule has 0 saturated heterocycles. The molecule has 0 radical (unpaired) electrons. The van der Waals surface area contributed by atoms with Crippen molar-refractivity contribution in [1.29, 1.82) is 0 Å². The second-order valence-corrected chi connectivity index (χ2v) is 7.24. The van der Waals surface area contributed by atoms with E-state index in [1.807, 2.05) is 7.05 Å². The molecule has 1 aromatic rings. The number of hydrogen-bond acceptors (Lipinski definition) is 1. The Hall–Kier alpha value is -0.830. The minimum Gasteiger partial charge on any atom is -0.315 e. The van der Waals surface area contributed by atoms with Crippen LogP contribution in [0.25, 0.3) is 0 Å². The molecule has 3 heteroatoms. The Morgan fingerprint density at radius 1 is 1.32 bits per heavy atom. The zero-order valence-electron chi connectivity index (χ0n) is 11.1. The summed E-state index contributed by atoms with van der Waals surface area (Å²) in [7, 11) is 1.87. The van der Waals surface area contributed by atoms with Crippen LogP contribution in [0.4, 0.5) is 5.69 Å². The van der Waals surface area contributed by atoms with Crippen molar-refractivity contribution in [2.75, 3.05) is 11.9 Å². The van der Waals surface area contributed by atoms with Gasteiger partial charge in [0.15, 0.2) is 0 Å². The van der Waals surface area contributed by atoms with Crippen LogP contribution in [0, 0.1) is 17.8 Å². The Kier molecular flexibility index (Phi) is 2.57. The number of halogens is 1. The summed E-state index contributed by atoms with van der Waals surface area (Å²) < 4.78 is 0.